The molecule has 0 aliphatic heterocycles. The first-order chi connectivity index (χ1) is 11.9. The van der Waals surface area contributed by atoms with E-state index in [1.165, 1.54) is 0 Å². The lowest BCUT2D eigenvalue weighted by molar-refractivity contribution is -0.0728. The van der Waals surface area contributed by atoms with E-state index in [0.29, 0.717) is 24.7 Å². The second kappa shape index (κ2) is 8.31. The maximum atomic E-state index is 14.8. The molecule has 0 spiro atoms. The molecular weight excluding hydrogens is 359 g/mol. The van der Waals surface area contributed by atoms with Crippen LogP contribution in [0, 0.1) is 29.6 Å². The van der Waals surface area contributed by atoms with Gasteiger partial charge >= 0.3 is 0 Å². The van der Waals surface area contributed by atoms with Gasteiger partial charge in [0, 0.05) is 5.38 Å². The van der Waals surface area contributed by atoms with Crippen molar-refractivity contribution in [3.8, 4) is 0 Å². The SMILES string of the molecule is FC(F)C1C(F)CC(C2CCC(C3CCC(Cl)CC3)CC2F)CC1F. The van der Waals surface area contributed by atoms with Gasteiger partial charge in [-0.25, -0.2) is 22.0 Å². The highest BCUT2D eigenvalue weighted by molar-refractivity contribution is 6.20. The first kappa shape index (κ1) is 19.7. The van der Waals surface area contributed by atoms with Gasteiger partial charge in [0.05, 0.1) is 5.92 Å². The largest absolute Gasteiger partial charge is 0.247 e. The maximum Gasteiger partial charge on any atom is 0.247 e. The molecule has 3 fully saturated rings. The minimum Gasteiger partial charge on any atom is -0.247 e. The zero-order chi connectivity index (χ0) is 18.1. The van der Waals surface area contributed by atoms with Gasteiger partial charge in [-0.2, -0.15) is 0 Å². The third-order valence-corrected chi connectivity index (χ3v) is 7.46. The normalized spacial score (nSPS) is 49.3. The van der Waals surface area contributed by atoms with Crippen LogP contribution in [0.1, 0.15) is 57.8 Å². The Labute approximate surface area is 151 Å². The summed E-state index contributed by atoms with van der Waals surface area (Å²) >= 11 is 6.14. The Bertz CT molecular complexity index is 414. The molecule has 0 amide bonds. The lowest BCUT2D eigenvalue weighted by atomic mass is 9.64. The molecule has 3 aliphatic rings. The molecule has 0 bridgehead atoms. The molecule has 0 aromatic rings. The van der Waals surface area contributed by atoms with Crippen molar-refractivity contribution in [2.24, 2.45) is 29.6 Å². The van der Waals surface area contributed by atoms with Crippen LogP contribution in [0.4, 0.5) is 22.0 Å². The number of rotatable bonds is 3. The van der Waals surface area contributed by atoms with Crippen molar-refractivity contribution in [1.82, 2.24) is 0 Å². The van der Waals surface area contributed by atoms with Crippen LogP contribution in [0.3, 0.4) is 0 Å². The van der Waals surface area contributed by atoms with E-state index >= 15 is 0 Å². The summed E-state index contributed by atoms with van der Waals surface area (Å²) in [4.78, 5) is 0. The predicted octanol–water partition coefficient (Wildman–Crippen LogP) is 6.51. The Balaban J connectivity index is 1.55. The van der Waals surface area contributed by atoms with E-state index in [1.54, 1.807) is 0 Å². The van der Waals surface area contributed by atoms with Crippen LogP contribution in [0.25, 0.3) is 0 Å². The average Bonchev–Trinajstić information content (AvgIpc) is 2.54. The van der Waals surface area contributed by atoms with Crippen LogP contribution in [0.15, 0.2) is 0 Å². The van der Waals surface area contributed by atoms with Gasteiger partial charge in [0.25, 0.3) is 0 Å². The van der Waals surface area contributed by atoms with Crippen LogP contribution in [0.2, 0.25) is 0 Å². The van der Waals surface area contributed by atoms with E-state index < -0.39 is 36.8 Å². The molecule has 6 heteroatoms. The number of hydrogen-bond donors (Lipinski definition) is 0. The molecule has 0 heterocycles. The minimum atomic E-state index is -2.99. The van der Waals surface area contributed by atoms with Gasteiger partial charge in [-0.15, -0.1) is 11.6 Å². The summed E-state index contributed by atoms with van der Waals surface area (Å²) in [5, 5.41) is 0.238. The third kappa shape index (κ3) is 4.44. The second-order valence-electron chi connectivity index (χ2n) is 8.44. The van der Waals surface area contributed by atoms with Crippen molar-refractivity contribution in [3.63, 3.8) is 0 Å². The Morgan fingerprint density at radius 2 is 1.16 bits per heavy atom. The Morgan fingerprint density at radius 3 is 1.68 bits per heavy atom. The van der Waals surface area contributed by atoms with Gasteiger partial charge in [0.2, 0.25) is 6.43 Å². The van der Waals surface area contributed by atoms with Crippen molar-refractivity contribution in [3.05, 3.63) is 0 Å². The standard InChI is InChI=1S/C19H28ClF5/c20-13-4-1-10(2-5-13)11-3-6-14(15(21)7-11)12-8-16(22)18(19(24)25)17(23)9-12/h10-19H,1-9H2. The van der Waals surface area contributed by atoms with Crippen molar-refractivity contribution in [2.75, 3.05) is 0 Å². The molecule has 5 unspecified atom stereocenters. The summed E-state index contributed by atoms with van der Waals surface area (Å²) in [5.74, 6) is -1.83. The molecule has 0 saturated heterocycles. The third-order valence-electron chi connectivity index (χ3n) is 7.02. The summed E-state index contributed by atoms with van der Waals surface area (Å²) in [6.45, 7) is 0. The molecule has 3 aliphatic carbocycles. The molecule has 0 aromatic carbocycles. The zero-order valence-electron chi connectivity index (χ0n) is 14.4. The van der Waals surface area contributed by atoms with Crippen molar-refractivity contribution < 1.29 is 22.0 Å². The summed E-state index contributed by atoms with van der Waals surface area (Å²) in [7, 11) is 0. The van der Waals surface area contributed by atoms with Gasteiger partial charge in [0.15, 0.2) is 0 Å². The van der Waals surface area contributed by atoms with Gasteiger partial charge in [0.1, 0.15) is 18.5 Å². The average molecular weight is 387 g/mol. The molecule has 5 atom stereocenters. The summed E-state index contributed by atoms with van der Waals surface area (Å²) < 4.78 is 68.4. The lowest BCUT2D eigenvalue weighted by Gasteiger charge is -2.44. The zero-order valence-corrected chi connectivity index (χ0v) is 15.2. The van der Waals surface area contributed by atoms with Crippen molar-refractivity contribution in [1.29, 1.82) is 0 Å². The molecule has 146 valence electrons. The highest BCUT2D eigenvalue weighted by Gasteiger charge is 2.48. The molecular formula is C19H28ClF5. The number of hydrogen-bond acceptors (Lipinski definition) is 0. The van der Waals surface area contributed by atoms with Crippen LogP contribution >= 0.6 is 11.6 Å². The number of alkyl halides is 6. The predicted molar refractivity (Wildman–Crippen MR) is 89.3 cm³/mol. The summed E-state index contributed by atoms with van der Waals surface area (Å²) in [6.07, 6.45) is -2.04. The van der Waals surface area contributed by atoms with Crippen LogP contribution in [-0.2, 0) is 0 Å². The van der Waals surface area contributed by atoms with E-state index in [2.05, 4.69) is 0 Å². The van der Waals surface area contributed by atoms with Gasteiger partial charge in [-0.1, -0.05) is 0 Å². The molecule has 3 saturated carbocycles. The smallest absolute Gasteiger partial charge is 0.247 e. The Kier molecular flexibility index (Phi) is 6.55. The number of halogens is 6. The lowest BCUT2D eigenvalue weighted by Crippen LogP contribution is -2.44. The van der Waals surface area contributed by atoms with E-state index in [-0.39, 0.29) is 24.1 Å². The fraction of sp³-hybridized carbons (Fsp3) is 1.00. The van der Waals surface area contributed by atoms with Crippen LogP contribution in [-0.4, -0.2) is 30.3 Å². The first-order valence-corrected chi connectivity index (χ1v) is 10.1. The van der Waals surface area contributed by atoms with Crippen molar-refractivity contribution >= 4 is 11.6 Å². The minimum absolute atomic E-state index is 0.122. The molecule has 0 nitrogen and oxygen atoms in total. The molecule has 0 aromatic heterocycles. The second-order valence-corrected chi connectivity index (χ2v) is 9.06. The van der Waals surface area contributed by atoms with Crippen molar-refractivity contribution in [2.45, 2.75) is 88.1 Å². The quantitative estimate of drug-likeness (QED) is 0.383. The Morgan fingerprint density at radius 1 is 0.640 bits per heavy atom. The van der Waals surface area contributed by atoms with E-state index in [1.807, 2.05) is 0 Å². The van der Waals surface area contributed by atoms with Gasteiger partial charge in [-0.3, -0.25) is 0 Å². The summed E-state index contributed by atoms with van der Waals surface area (Å²) in [6, 6.07) is 0. The van der Waals surface area contributed by atoms with Crippen LogP contribution in [0.5, 0.6) is 0 Å². The highest BCUT2D eigenvalue weighted by atomic mass is 35.5. The van der Waals surface area contributed by atoms with Gasteiger partial charge < -0.3 is 0 Å². The molecule has 0 N–H and O–H groups in total. The molecule has 0 radical (unpaired) electrons. The molecule has 25 heavy (non-hydrogen) atoms. The van der Waals surface area contributed by atoms with Gasteiger partial charge in [-0.05, 0) is 81.5 Å². The highest BCUT2D eigenvalue weighted by Crippen LogP contribution is 2.48. The maximum absolute atomic E-state index is 14.8. The topological polar surface area (TPSA) is 0 Å². The first-order valence-electron chi connectivity index (χ1n) is 9.71. The van der Waals surface area contributed by atoms with E-state index in [4.69, 9.17) is 11.6 Å². The fourth-order valence-electron chi connectivity index (χ4n) is 5.56. The monoisotopic (exact) mass is 386 g/mol. The molecule has 3 rings (SSSR count). The van der Waals surface area contributed by atoms with E-state index in [9.17, 15) is 22.0 Å². The van der Waals surface area contributed by atoms with E-state index in [0.717, 1.165) is 32.1 Å². The Hall–Kier alpha value is -0.0600. The fourth-order valence-corrected chi connectivity index (χ4v) is 5.81. The summed E-state index contributed by atoms with van der Waals surface area (Å²) in [5.41, 5.74) is 0. The van der Waals surface area contributed by atoms with Crippen LogP contribution < -0.4 is 0 Å².